The van der Waals surface area contributed by atoms with E-state index in [2.05, 4.69) is 13.8 Å². The average molecular weight is 608 g/mol. The normalized spacial score (nSPS) is 13.8. The summed E-state index contributed by atoms with van der Waals surface area (Å²) >= 11 is 0. The zero-order valence-corrected chi connectivity index (χ0v) is 29.9. The van der Waals surface area contributed by atoms with Crippen LogP contribution in [0.15, 0.2) is 0 Å². The van der Waals surface area contributed by atoms with Crippen LogP contribution in [0.1, 0.15) is 201 Å². The van der Waals surface area contributed by atoms with Gasteiger partial charge < -0.3 is 10.0 Å². The van der Waals surface area contributed by atoms with Crippen molar-refractivity contribution < 1.29 is 14.7 Å². The molecule has 1 N–H and O–H groups in total. The SMILES string of the molecule is CCCCCCCCCCCCCCCC(=O)C(CN(C)C)C(C(=O)CCCCCCCCCCCCCCC)C(C)O. The molecule has 0 aliphatic rings. The predicted molar refractivity (Wildman–Crippen MR) is 188 cm³/mol. The van der Waals surface area contributed by atoms with Crippen molar-refractivity contribution in [1.29, 1.82) is 0 Å². The minimum Gasteiger partial charge on any atom is -0.393 e. The van der Waals surface area contributed by atoms with E-state index in [1.54, 1.807) is 6.92 Å². The summed E-state index contributed by atoms with van der Waals surface area (Å²) in [6, 6.07) is 0. The summed E-state index contributed by atoms with van der Waals surface area (Å²) in [6.07, 6.45) is 33.6. The molecule has 4 nitrogen and oxygen atoms in total. The molecule has 43 heavy (non-hydrogen) atoms. The quantitative estimate of drug-likeness (QED) is 0.0739. The van der Waals surface area contributed by atoms with Gasteiger partial charge in [0.1, 0.15) is 11.6 Å². The molecule has 256 valence electrons. The number of Topliss-reactive ketones (excluding diaryl/α,β-unsaturated/α-hetero) is 2. The maximum atomic E-state index is 13.3. The molecule has 0 spiro atoms. The van der Waals surface area contributed by atoms with Gasteiger partial charge in [0.25, 0.3) is 0 Å². The Hall–Kier alpha value is -0.740. The van der Waals surface area contributed by atoms with Gasteiger partial charge in [0.2, 0.25) is 0 Å². The highest BCUT2D eigenvalue weighted by Crippen LogP contribution is 2.25. The van der Waals surface area contributed by atoms with Crippen LogP contribution in [-0.2, 0) is 9.59 Å². The summed E-state index contributed by atoms with van der Waals surface area (Å²) in [6.45, 7) is 6.78. The monoisotopic (exact) mass is 608 g/mol. The van der Waals surface area contributed by atoms with E-state index in [1.807, 2.05) is 19.0 Å². The van der Waals surface area contributed by atoms with Gasteiger partial charge in [0.15, 0.2) is 0 Å². The lowest BCUT2D eigenvalue weighted by molar-refractivity contribution is -0.137. The van der Waals surface area contributed by atoms with Crippen LogP contribution in [0.2, 0.25) is 0 Å². The van der Waals surface area contributed by atoms with Gasteiger partial charge >= 0.3 is 0 Å². The highest BCUT2D eigenvalue weighted by molar-refractivity contribution is 5.90. The van der Waals surface area contributed by atoms with Crippen molar-refractivity contribution in [3.63, 3.8) is 0 Å². The van der Waals surface area contributed by atoms with Crippen LogP contribution in [0.3, 0.4) is 0 Å². The van der Waals surface area contributed by atoms with Gasteiger partial charge in [0, 0.05) is 25.3 Å². The van der Waals surface area contributed by atoms with Crippen molar-refractivity contribution in [3.05, 3.63) is 0 Å². The van der Waals surface area contributed by atoms with Gasteiger partial charge in [0.05, 0.1) is 12.0 Å². The Morgan fingerprint density at radius 3 is 1.05 bits per heavy atom. The van der Waals surface area contributed by atoms with E-state index in [0.29, 0.717) is 19.4 Å². The number of aliphatic hydroxyl groups is 1. The number of hydrogen-bond donors (Lipinski definition) is 1. The van der Waals surface area contributed by atoms with Crippen molar-refractivity contribution in [3.8, 4) is 0 Å². The molecule has 0 aliphatic carbocycles. The van der Waals surface area contributed by atoms with Gasteiger partial charge in [-0.2, -0.15) is 0 Å². The first-order chi connectivity index (χ1) is 20.8. The standard InChI is InChI=1S/C39H77NO3/c1-6-8-10-12-14-16-18-20-22-24-26-28-30-32-37(42)36(34-40(4)5)39(35(3)41)38(43)33-31-29-27-25-23-21-19-17-15-13-11-9-7-2/h35-36,39,41H,6-34H2,1-5H3. The largest absolute Gasteiger partial charge is 0.393 e. The number of carbonyl (C=O) groups is 2. The van der Waals surface area contributed by atoms with E-state index in [1.165, 1.54) is 141 Å². The lowest BCUT2D eigenvalue weighted by Crippen LogP contribution is -2.42. The fourth-order valence-electron chi connectivity index (χ4n) is 6.62. The Morgan fingerprint density at radius 2 is 0.767 bits per heavy atom. The number of hydrogen-bond acceptors (Lipinski definition) is 4. The molecule has 0 aliphatic heterocycles. The summed E-state index contributed by atoms with van der Waals surface area (Å²) in [5.74, 6) is -0.721. The molecule has 0 amide bonds. The number of ketones is 2. The van der Waals surface area contributed by atoms with Gasteiger partial charge in [-0.1, -0.05) is 168 Å². The molecule has 0 aromatic heterocycles. The van der Waals surface area contributed by atoms with Gasteiger partial charge in [-0.25, -0.2) is 0 Å². The Morgan fingerprint density at radius 1 is 0.488 bits per heavy atom. The highest BCUT2D eigenvalue weighted by atomic mass is 16.3. The second-order valence-corrected chi connectivity index (χ2v) is 14.1. The van der Waals surface area contributed by atoms with Crippen molar-refractivity contribution in [2.24, 2.45) is 11.8 Å². The van der Waals surface area contributed by atoms with E-state index in [-0.39, 0.29) is 11.6 Å². The fourth-order valence-corrected chi connectivity index (χ4v) is 6.62. The van der Waals surface area contributed by atoms with Gasteiger partial charge in [-0.15, -0.1) is 0 Å². The maximum absolute atomic E-state index is 13.3. The molecule has 3 atom stereocenters. The molecule has 0 aromatic carbocycles. The fraction of sp³-hybridized carbons (Fsp3) is 0.949. The first-order valence-corrected chi connectivity index (χ1v) is 19.2. The first-order valence-electron chi connectivity index (χ1n) is 19.2. The third kappa shape index (κ3) is 26.2. The Bertz CT molecular complexity index is 618. The molecule has 0 aromatic rings. The predicted octanol–water partition coefficient (Wildman–Crippen LogP) is 11.3. The van der Waals surface area contributed by atoms with E-state index >= 15 is 0 Å². The van der Waals surface area contributed by atoms with Crippen molar-refractivity contribution in [2.75, 3.05) is 20.6 Å². The number of carbonyl (C=O) groups excluding carboxylic acids is 2. The molecule has 3 unspecified atom stereocenters. The third-order valence-electron chi connectivity index (χ3n) is 9.35. The molecule has 0 radical (unpaired) electrons. The number of rotatable bonds is 34. The molecular formula is C39H77NO3. The van der Waals surface area contributed by atoms with E-state index < -0.39 is 17.9 Å². The summed E-state index contributed by atoms with van der Waals surface area (Å²) in [4.78, 5) is 28.6. The number of nitrogens with zero attached hydrogens (tertiary/aromatic N) is 1. The van der Waals surface area contributed by atoms with Crippen LogP contribution in [0.4, 0.5) is 0 Å². The maximum Gasteiger partial charge on any atom is 0.139 e. The van der Waals surface area contributed by atoms with Crippen molar-refractivity contribution >= 4 is 11.6 Å². The Balaban J connectivity index is 4.22. The van der Waals surface area contributed by atoms with E-state index in [4.69, 9.17) is 0 Å². The lowest BCUT2D eigenvalue weighted by Gasteiger charge is -2.29. The minimum atomic E-state index is -0.782. The molecule has 0 saturated heterocycles. The molecular weight excluding hydrogens is 530 g/mol. The molecule has 0 saturated carbocycles. The summed E-state index contributed by atoms with van der Waals surface area (Å²) < 4.78 is 0. The van der Waals surface area contributed by atoms with Crippen LogP contribution in [0.25, 0.3) is 0 Å². The highest BCUT2D eigenvalue weighted by Gasteiger charge is 2.36. The topological polar surface area (TPSA) is 57.6 Å². The summed E-state index contributed by atoms with van der Waals surface area (Å²) in [5, 5.41) is 10.6. The third-order valence-corrected chi connectivity index (χ3v) is 9.35. The summed E-state index contributed by atoms with van der Waals surface area (Å²) in [5.41, 5.74) is 0. The number of aliphatic hydroxyl groups excluding tert-OH is 1. The van der Waals surface area contributed by atoms with Crippen molar-refractivity contribution in [2.45, 2.75) is 207 Å². The Labute approximate surface area is 269 Å². The average Bonchev–Trinajstić information content (AvgIpc) is 2.97. The zero-order chi connectivity index (χ0) is 32.0. The van der Waals surface area contributed by atoms with Crippen LogP contribution >= 0.6 is 0 Å². The minimum absolute atomic E-state index is 0.0867. The molecule has 4 heteroatoms. The Kier molecular flexibility index (Phi) is 30.7. The smallest absolute Gasteiger partial charge is 0.139 e. The second-order valence-electron chi connectivity index (χ2n) is 14.1. The van der Waals surface area contributed by atoms with E-state index in [0.717, 1.165) is 25.7 Å². The molecule has 0 fully saturated rings. The summed E-state index contributed by atoms with van der Waals surface area (Å²) in [7, 11) is 3.92. The van der Waals surface area contributed by atoms with Gasteiger partial charge in [-0.05, 0) is 33.9 Å². The van der Waals surface area contributed by atoms with Gasteiger partial charge in [-0.3, -0.25) is 9.59 Å². The molecule has 0 rings (SSSR count). The van der Waals surface area contributed by atoms with Crippen LogP contribution in [0, 0.1) is 11.8 Å². The lowest BCUT2D eigenvalue weighted by atomic mass is 9.79. The first kappa shape index (κ1) is 42.3. The molecule has 0 heterocycles. The van der Waals surface area contributed by atoms with Crippen LogP contribution < -0.4 is 0 Å². The van der Waals surface area contributed by atoms with E-state index in [9.17, 15) is 14.7 Å². The zero-order valence-electron chi connectivity index (χ0n) is 29.9. The second kappa shape index (κ2) is 31.3. The van der Waals surface area contributed by atoms with Crippen LogP contribution in [-0.4, -0.2) is 48.3 Å². The molecule has 0 bridgehead atoms. The van der Waals surface area contributed by atoms with Crippen molar-refractivity contribution in [1.82, 2.24) is 4.90 Å². The van der Waals surface area contributed by atoms with Crippen LogP contribution in [0.5, 0.6) is 0 Å². The number of unbranched alkanes of at least 4 members (excludes halogenated alkanes) is 24.